The fourth-order valence-electron chi connectivity index (χ4n) is 1.78. The van der Waals surface area contributed by atoms with Crippen LogP contribution in [0.1, 0.15) is 22.0 Å². The Kier molecular flexibility index (Phi) is 4.00. The number of nitrogens with one attached hydrogen (secondary N) is 1. The number of carbonyl (C=O) groups excluding carboxylic acids is 1. The summed E-state index contributed by atoms with van der Waals surface area (Å²) in [6.45, 7) is 0. The Bertz CT molecular complexity index is 609. The summed E-state index contributed by atoms with van der Waals surface area (Å²) in [5.41, 5.74) is 6.96. The highest BCUT2D eigenvalue weighted by molar-refractivity contribution is 5.97. The quantitative estimate of drug-likeness (QED) is 0.739. The standard InChI is InChI=1S/C15H14N2O3/c16-12-8-6-11(7-9-12)14(18)17-13(15(19)20)10-4-2-1-3-5-10/h1-9,13H,16H2,(H,17,18)(H,19,20)/t13-/m1/s1. The van der Waals surface area contributed by atoms with Gasteiger partial charge in [-0.3, -0.25) is 4.79 Å². The molecule has 0 saturated carbocycles. The van der Waals surface area contributed by atoms with E-state index >= 15 is 0 Å². The second-order valence-electron chi connectivity index (χ2n) is 4.28. The summed E-state index contributed by atoms with van der Waals surface area (Å²) in [6.07, 6.45) is 0. The van der Waals surface area contributed by atoms with Crippen molar-refractivity contribution >= 4 is 17.6 Å². The molecule has 2 rings (SSSR count). The maximum Gasteiger partial charge on any atom is 0.330 e. The van der Waals surface area contributed by atoms with Crippen LogP contribution in [0.2, 0.25) is 0 Å². The molecule has 0 radical (unpaired) electrons. The predicted molar refractivity (Wildman–Crippen MR) is 75.1 cm³/mol. The van der Waals surface area contributed by atoms with Crippen LogP contribution in [-0.2, 0) is 4.79 Å². The Morgan fingerprint density at radius 3 is 2.15 bits per heavy atom. The minimum absolute atomic E-state index is 0.362. The lowest BCUT2D eigenvalue weighted by Gasteiger charge is -2.15. The third-order valence-electron chi connectivity index (χ3n) is 2.83. The normalized spacial score (nSPS) is 11.6. The van der Waals surface area contributed by atoms with E-state index in [-0.39, 0.29) is 0 Å². The highest BCUT2D eigenvalue weighted by atomic mass is 16.4. The zero-order valence-electron chi connectivity index (χ0n) is 10.6. The van der Waals surface area contributed by atoms with Crippen molar-refractivity contribution in [3.8, 4) is 0 Å². The van der Waals surface area contributed by atoms with E-state index in [1.165, 1.54) is 0 Å². The third-order valence-corrected chi connectivity index (χ3v) is 2.83. The zero-order valence-corrected chi connectivity index (χ0v) is 10.6. The largest absolute Gasteiger partial charge is 0.479 e. The molecule has 2 aromatic carbocycles. The fourth-order valence-corrected chi connectivity index (χ4v) is 1.78. The van der Waals surface area contributed by atoms with Crippen LogP contribution in [0, 0.1) is 0 Å². The van der Waals surface area contributed by atoms with E-state index in [9.17, 15) is 14.7 Å². The molecule has 4 N–H and O–H groups in total. The molecule has 0 aliphatic rings. The predicted octanol–water partition coefficient (Wildman–Crippen LogP) is 1.82. The molecule has 0 fully saturated rings. The molecule has 0 aromatic heterocycles. The number of carboxylic acid groups (broad SMARTS) is 1. The summed E-state index contributed by atoms with van der Waals surface area (Å²) >= 11 is 0. The average Bonchev–Trinajstić information content (AvgIpc) is 2.46. The van der Waals surface area contributed by atoms with Gasteiger partial charge < -0.3 is 16.2 Å². The number of rotatable bonds is 4. The number of aliphatic carboxylic acids is 1. The molecular weight excluding hydrogens is 256 g/mol. The van der Waals surface area contributed by atoms with E-state index in [4.69, 9.17) is 5.73 Å². The molecule has 1 atom stereocenters. The van der Waals surface area contributed by atoms with E-state index in [2.05, 4.69) is 5.32 Å². The lowest BCUT2D eigenvalue weighted by atomic mass is 10.1. The molecule has 0 unspecified atom stereocenters. The number of benzene rings is 2. The lowest BCUT2D eigenvalue weighted by Crippen LogP contribution is -2.33. The molecule has 2 aromatic rings. The van der Waals surface area contributed by atoms with Crippen LogP contribution in [-0.4, -0.2) is 17.0 Å². The number of nitrogen functional groups attached to an aromatic ring is 1. The van der Waals surface area contributed by atoms with Gasteiger partial charge >= 0.3 is 5.97 Å². The molecule has 0 spiro atoms. The maximum absolute atomic E-state index is 12.0. The van der Waals surface area contributed by atoms with Crippen molar-refractivity contribution in [1.29, 1.82) is 0 Å². The number of hydrogen-bond acceptors (Lipinski definition) is 3. The molecule has 0 aliphatic heterocycles. The summed E-state index contributed by atoms with van der Waals surface area (Å²) in [4.78, 5) is 23.3. The minimum Gasteiger partial charge on any atom is -0.479 e. The Hall–Kier alpha value is -2.82. The number of carbonyl (C=O) groups is 2. The average molecular weight is 270 g/mol. The lowest BCUT2D eigenvalue weighted by molar-refractivity contribution is -0.139. The second kappa shape index (κ2) is 5.88. The Labute approximate surface area is 116 Å². The fraction of sp³-hybridized carbons (Fsp3) is 0.0667. The molecule has 0 saturated heterocycles. The summed E-state index contributed by atoms with van der Waals surface area (Å²) in [6, 6.07) is 13.7. The van der Waals surface area contributed by atoms with Gasteiger partial charge in [-0.15, -0.1) is 0 Å². The van der Waals surface area contributed by atoms with E-state index < -0.39 is 17.9 Å². The van der Waals surface area contributed by atoms with Crippen molar-refractivity contribution in [3.05, 3.63) is 65.7 Å². The van der Waals surface area contributed by atoms with Gasteiger partial charge in [0.1, 0.15) is 0 Å². The molecule has 5 nitrogen and oxygen atoms in total. The summed E-state index contributed by atoms with van der Waals surface area (Å²) in [5, 5.41) is 11.7. The monoisotopic (exact) mass is 270 g/mol. The molecule has 0 heterocycles. The molecule has 1 amide bonds. The topological polar surface area (TPSA) is 92.4 Å². The first kappa shape index (κ1) is 13.6. The van der Waals surface area contributed by atoms with Crippen LogP contribution in [0.5, 0.6) is 0 Å². The van der Waals surface area contributed by atoms with Crippen LogP contribution >= 0.6 is 0 Å². The first-order chi connectivity index (χ1) is 9.58. The smallest absolute Gasteiger partial charge is 0.330 e. The van der Waals surface area contributed by atoms with Gasteiger partial charge in [0.2, 0.25) is 0 Å². The highest BCUT2D eigenvalue weighted by Crippen LogP contribution is 2.14. The number of carboxylic acids is 1. The van der Waals surface area contributed by atoms with E-state index in [1.807, 2.05) is 0 Å². The van der Waals surface area contributed by atoms with Gasteiger partial charge in [-0.25, -0.2) is 4.79 Å². The van der Waals surface area contributed by atoms with Crippen LogP contribution in [0.25, 0.3) is 0 Å². The number of anilines is 1. The Morgan fingerprint density at radius 1 is 1.00 bits per heavy atom. The van der Waals surface area contributed by atoms with Crippen molar-refractivity contribution in [3.63, 3.8) is 0 Å². The molecule has 0 bridgehead atoms. The van der Waals surface area contributed by atoms with E-state index in [0.717, 1.165) is 0 Å². The van der Waals surface area contributed by atoms with Gasteiger partial charge in [0.05, 0.1) is 0 Å². The van der Waals surface area contributed by atoms with Crippen molar-refractivity contribution < 1.29 is 14.7 Å². The van der Waals surface area contributed by atoms with Gasteiger partial charge in [0, 0.05) is 11.3 Å². The molecule has 5 heteroatoms. The SMILES string of the molecule is Nc1ccc(C(=O)N[C@@H](C(=O)O)c2ccccc2)cc1. The summed E-state index contributed by atoms with van der Waals surface area (Å²) in [7, 11) is 0. The molecule has 20 heavy (non-hydrogen) atoms. The zero-order chi connectivity index (χ0) is 14.5. The Balaban J connectivity index is 2.19. The maximum atomic E-state index is 12.0. The van der Waals surface area contributed by atoms with Crippen molar-refractivity contribution in [2.75, 3.05) is 5.73 Å². The highest BCUT2D eigenvalue weighted by Gasteiger charge is 2.22. The van der Waals surface area contributed by atoms with Crippen LogP contribution in [0.4, 0.5) is 5.69 Å². The van der Waals surface area contributed by atoms with Crippen molar-refractivity contribution in [2.24, 2.45) is 0 Å². The van der Waals surface area contributed by atoms with Gasteiger partial charge in [0.25, 0.3) is 5.91 Å². The number of amides is 1. The van der Waals surface area contributed by atoms with Crippen LogP contribution in [0.3, 0.4) is 0 Å². The second-order valence-corrected chi connectivity index (χ2v) is 4.28. The van der Waals surface area contributed by atoms with Gasteiger partial charge in [-0.05, 0) is 29.8 Å². The number of hydrogen-bond donors (Lipinski definition) is 3. The van der Waals surface area contributed by atoms with Crippen molar-refractivity contribution in [2.45, 2.75) is 6.04 Å². The van der Waals surface area contributed by atoms with E-state index in [1.54, 1.807) is 54.6 Å². The number of nitrogens with two attached hydrogens (primary N) is 1. The molecule has 0 aliphatic carbocycles. The van der Waals surface area contributed by atoms with Crippen LogP contribution < -0.4 is 11.1 Å². The first-order valence-corrected chi connectivity index (χ1v) is 6.02. The Morgan fingerprint density at radius 2 is 1.60 bits per heavy atom. The van der Waals surface area contributed by atoms with Gasteiger partial charge in [0.15, 0.2) is 6.04 Å². The minimum atomic E-state index is -1.11. The van der Waals surface area contributed by atoms with Gasteiger partial charge in [-0.1, -0.05) is 30.3 Å². The molecule has 102 valence electrons. The van der Waals surface area contributed by atoms with Crippen molar-refractivity contribution in [1.82, 2.24) is 5.32 Å². The third kappa shape index (κ3) is 3.14. The van der Waals surface area contributed by atoms with Crippen LogP contribution in [0.15, 0.2) is 54.6 Å². The van der Waals surface area contributed by atoms with E-state index in [0.29, 0.717) is 16.8 Å². The summed E-state index contributed by atoms with van der Waals surface area (Å²) in [5.74, 6) is -1.57. The van der Waals surface area contributed by atoms with Gasteiger partial charge in [-0.2, -0.15) is 0 Å². The first-order valence-electron chi connectivity index (χ1n) is 6.02. The molecular formula is C15H14N2O3. The summed E-state index contributed by atoms with van der Waals surface area (Å²) < 4.78 is 0.